The Balaban J connectivity index is 2.00. The molecule has 0 N–H and O–H groups in total. The van der Waals surface area contributed by atoms with Crippen molar-refractivity contribution in [2.24, 2.45) is 0 Å². The van der Waals surface area contributed by atoms with Gasteiger partial charge in [-0.15, -0.1) is 11.3 Å². The molecule has 0 saturated heterocycles. The predicted molar refractivity (Wildman–Crippen MR) is 125 cm³/mol. The van der Waals surface area contributed by atoms with Crippen LogP contribution in [0.4, 0.5) is 5.13 Å². The first-order valence-corrected chi connectivity index (χ1v) is 11.9. The van der Waals surface area contributed by atoms with Crippen molar-refractivity contribution in [3.8, 4) is 5.75 Å². The van der Waals surface area contributed by atoms with Gasteiger partial charge in [-0.25, -0.2) is 4.98 Å². The number of carbonyl (C=O) groups is 1. The summed E-state index contributed by atoms with van der Waals surface area (Å²) in [6, 6.07) is 7.44. The molecule has 2 heterocycles. The van der Waals surface area contributed by atoms with Gasteiger partial charge in [-0.3, -0.25) is 9.69 Å². The highest BCUT2D eigenvalue weighted by atomic mass is 35.5. The van der Waals surface area contributed by atoms with E-state index >= 15 is 0 Å². The maximum atomic E-state index is 13.4. The topological polar surface area (TPSA) is 45.7 Å². The number of fused-ring (bicyclic) bond motifs is 1. The highest BCUT2D eigenvalue weighted by Gasteiger charge is 2.25. The van der Waals surface area contributed by atoms with Gasteiger partial charge in [0.1, 0.15) is 15.6 Å². The van der Waals surface area contributed by atoms with E-state index < -0.39 is 0 Å². The van der Waals surface area contributed by atoms with Gasteiger partial charge in [-0.2, -0.15) is 0 Å². The Bertz CT molecular complexity index is 985. The van der Waals surface area contributed by atoms with Crippen LogP contribution in [-0.2, 0) is 0 Å². The molecule has 1 amide bonds. The molecule has 0 saturated carbocycles. The van der Waals surface area contributed by atoms with Crippen molar-refractivity contribution < 1.29 is 9.53 Å². The fourth-order valence-electron chi connectivity index (χ4n) is 3.00. The minimum atomic E-state index is -0.192. The Labute approximate surface area is 188 Å². The number of anilines is 1. The average Bonchev–Trinajstić information content (AvgIpc) is 3.28. The summed E-state index contributed by atoms with van der Waals surface area (Å²) < 4.78 is 7.56. The van der Waals surface area contributed by atoms with E-state index in [1.54, 1.807) is 11.0 Å². The SMILES string of the molecule is CCOc1cccc2sc(N(CCN(CC)CC)C(=O)c3cc(Cl)sc3Cl)nc12. The first kappa shape index (κ1) is 22.3. The van der Waals surface area contributed by atoms with Gasteiger partial charge in [0.2, 0.25) is 0 Å². The molecule has 0 unspecified atom stereocenters. The molecular formula is C20H23Cl2N3O2S2. The van der Waals surface area contributed by atoms with Crippen molar-refractivity contribution in [3.05, 3.63) is 38.5 Å². The normalized spacial score (nSPS) is 11.4. The fraction of sp³-hybridized carbons (Fsp3) is 0.400. The molecule has 0 aliphatic carbocycles. The standard InChI is InChI=1S/C20H23Cl2N3O2S2/c1-4-24(5-2)10-11-25(19(26)13-12-16(21)29-18(13)22)20-23-17-14(27-6-3)8-7-9-15(17)28-20/h7-9,12H,4-6,10-11H2,1-3H3. The van der Waals surface area contributed by atoms with Crippen molar-refractivity contribution in [1.29, 1.82) is 0 Å². The minimum absolute atomic E-state index is 0.192. The number of hydrogen-bond donors (Lipinski definition) is 0. The molecule has 29 heavy (non-hydrogen) atoms. The van der Waals surface area contributed by atoms with Crippen molar-refractivity contribution in [3.63, 3.8) is 0 Å². The number of halogens is 2. The number of aromatic nitrogens is 1. The second kappa shape index (κ2) is 10.1. The molecule has 0 atom stereocenters. The highest BCUT2D eigenvalue weighted by molar-refractivity contribution is 7.22. The fourth-order valence-corrected chi connectivity index (χ4v) is 5.45. The number of amides is 1. The summed E-state index contributed by atoms with van der Waals surface area (Å²) in [6.45, 7) is 9.79. The van der Waals surface area contributed by atoms with E-state index in [2.05, 4.69) is 18.7 Å². The molecule has 5 nitrogen and oxygen atoms in total. The van der Waals surface area contributed by atoms with Gasteiger partial charge in [-0.05, 0) is 38.2 Å². The Morgan fingerprint density at radius 2 is 1.90 bits per heavy atom. The zero-order chi connectivity index (χ0) is 21.0. The van der Waals surface area contributed by atoms with Crippen LogP contribution in [0.5, 0.6) is 5.75 Å². The van der Waals surface area contributed by atoms with E-state index in [0.717, 1.165) is 35.6 Å². The summed E-state index contributed by atoms with van der Waals surface area (Å²) in [4.78, 5) is 22.1. The van der Waals surface area contributed by atoms with E-state index in [-0.39, 0.29) is 5.91 Å². The lowest BCUT2D eigenvalue weighted by Crippen LogP contribution is -2.38. The van der Waals surface area contributed by atoms with Gasteiger partial charge in [0.05, 0.1) is 21.2 Å². The van der Waals surface area contributed by atoms with Crippen LogP contribution in [-0.4, -0.2) is 48.6 Å². The second-order valence-corrected chi connectivity index (χ2v) is 9.55. The number of benzene rings is 1. The van der Waals surface area contributed by atoms with E-state index in [0.29, 0.717) is 32.5 Å². The Hall–Kier alpha value is -1.38. The molecule has 2 aromatic heterocycles. The largest absolute Gasteiger partial charge is 0.492 e. The van der Waals surface area contributed by atoms with Crippen LogP contribution in [0.3, 0.4) is 0 Å². The Kier molecular flexibility index (Phi) is 7.76. The zero-order valence-electron chi connectivity index (χ0n) is 16.6. The van der Waals surface area contributed by atoms with Crippen molar-refractivity contribution in [2.45, 2.75) is 20.8 Å². The molecule has 156 valence electrons. The monoisotopic (exact) mass is 471 g/mol. The molecule has 1 aromatic carbocycles. The van der Waals surface area contributed by atoms with E-state index in [9.17, 15) is 4.79 Å². The summed E-state index contributed by atoms with van der Waals surface area (Å²) >= 11 is 15.0. The summed E-state index contributed by atoms with van der Waals surface area (Å²) in [7, 11) is 0. The quantitative estimate of drug-likeness (QED) is 0.380. The molecule has 0 aliphatic heterocycles. The first-order chi connectivity index (χ1) is 14.0. The number of para-hydroxylation sites is 1. The predicted octanol–water partition coefficient (Wildman–Crippen LogP) is 6.05. The molecular weight excluding hydrogens is 449 g/mol. The molecule has 0 radical (unpaired) electrons. The Morgan fingerprint density at radius 1 is 1.14 bits per heavy atom. The minimum Gasteiger partial charge on any atom is -0.492 e. The number of thiophene rings is 1. The van der Waals surface area contributed by atoms with Gasteiger partial charge in [0.25, 0.3) is 5.91 Å². The number of rotatable bonds is 9. The summed E-state index contributed by atoms with van der Waals surface area (Å²) in [5.41, 5.74) is 1.18. The lowest BCUT2D eigenvalue weighted by molar-refractivity contribution is 0.0984. The van der Waals surface area contributed by atoms with Crippen LogP contribution >= 0.6 is 45.9 Å². The maximum Gasteiger partial charge on any atom is 0.262 e. The van der Waals surface area contributed by atoms with E-state index in [1.807, 2.05) is 25.1 Å². The zero-order valence-corrected chi connectivity index (χ0v) is 19.7. The van der Waals surface area contributed by atoms with Crippen LogP contribution < -0.4 is 9.64 Å². The number of hydrogen-bond acceptors (Lipinski definition) is 6. The highest BCUT2D eigenvalue weighted by Crippen LogP contribution is 2.37. The van der Waals surface area contributed by atoms with Crippen LogP contribution in [0.2, 0.25) is 8.67 Å². The number of ether oxygens (including phenoxy) is 1. The lowest BCUT2D eigenvalue weighted by Gasteiger charge is -2.24. The van der Waals surface area contributed by atoms with E-state index in [4.69, 9.17) is 32.9 Å². The smallest absolute Gasteiger partial charge is 0.262 e. The second-order valence-electron chi connectivity index (χ2n) is 6.25. The molecule has 0 aliphatic rings. The lowest BCUT2D eigenvalue weighted by atomic mass is 10.3. The summed E-state index contributed by atoms with van der Waals surface area (Å²) in [5, 5.41) is 0.627. The third-order valence-electron chi connectivity index (χ3n) is 4.57. The van der Waals surface area contributed by atoms with Crippen molar-refractivity contribution in [1.82, 2.24) is 9.88 Å². The Morgan fingerprint density at radius 3 is 2.52 bits per heavy atom. The van der Waals surface area contributed by atoms with Gasteiger partial charge in [-0.1, -0.05) is 54.5 Å². The van der Waals surface area contributed by atoms with Gasteiger partial charge in [0.15, 0.2) is 5.13 Å². The third kappa shape index (κ3) is 5.03. The molecule has 0 spiro atoms. The van der Waals surface area contributed by atoms with Crippen LogP contribution in [0.25, 0.3) is 10.2 Å². The third-order valence-corrected chi connectivity index (χ3v) is 7.10. The first-order valence-electron chi connectivity index (χ1n) is 9.49. The van der Waals surface area contributed by atoms with Crippen LogP contribution in [0.1, 0.15) is 31.1 Å². The average molecular weight is 472 g/mol. The number of carbonyl (C=O) groups excluding carboxylic acids is 1. The van der Waals surface area contributed by atoms with Gasteiger partial charge in [0, 0.05) is 13.1 Å². The molecule has 3 rings (SSSR count). The molecule has 0 fully saturated rings. The van der Waals surface area contributed by atoms with Crippen LogP contribution in [0, 0.1) is 0 Å². The van der Waals surface area contributed by atoms with E-state index in [1.165, 1.54) is 22.7 Å². The maximum absolute atomic E-state index is 13.4. The number of nitrogens with zero attached hydrogens (tertiary/aromatic N) is 3. The molecule has 3 aromatic rings. The van der Waals surface area contributed by atoms with Crippen molar-refractivity contribution >= 4 is 67.1 Å². The number of thiazole rings is 1. The van der Waals surface area contributed by atoms with Crippen molar-refractivity contribution in [2.75, 3.05) is 37.7 Å². The van der Waals surface area contributed by atoms with Gasteiger partial charge >= 0.3 is 0 Å². The summed E-state index contributed by atoms with van der Waals surface area (Å²) in [5.74, 6) is 0.530. The van der Waals surface area contributed by atoms with Crippen LogP contribution in [0.15, 0.2) is 24.3 Å². The van der Waals surface area contributed by atoms with Gasteiger partial charge < -0.3 is 9.64 Å². The summed E-state index contributed by atoms with van der Waals surface area (Å²) in [6.07, 6.45) is 0. The molecule has 0 bridgehead atoms. The number of likely N-dealkylation sites (N-methyl/N-ethyl adjacent to an activating group) is 1. The molecule has 9 heteroatoms.